The number of aromatic hydroxyl groups is 1. The first-order valence-electron chi connectivity index (χ1n) is 10.5. The first-order valence-corrected chi connectivity index (χ1v) is 10.5. The molecule has 0 saturated carbocycles. The summed E-state index contributed by atoms with van der Waals surface area (Å²) in [6, 6.07) is 10.2. The summed E-state index contributed by atoms with van der Waals surface area (Å²) >= 11 is 0. The number of carbonyl (C=O) groups excluding carboxylic acids is 2. The van der Waals surface area contributed by atoms with Gasteiger partial charge >= 0.3 is 0 Å². The summed E-state index contributed by atoms with van der Waals surface area (Å²) in [5, 5.41) is 21.2. The highest BCUT2D eigenvalue weighted by atomic mass is 16.5. The van der Waals surface area contributed by atoms with Crippen molar-refractivity contribution in [3.05, 3.63) is 71.8 Å². The summed E-state index contributed by atoms with van der Waals surface area (Å²) in [5.74, 6) is -1.12. The minimum atomic E-state index is -0.878. The van der Waals surface area contributed by atoms with E-state index in [9.17, 15) is 19.8 Å². The molecule has 0 spiro atoms. The van der Waals surface area contributed by atoms with Crippen LogP contribution in [0.1, 0.15) is 24.1 Å². The molecule has 1 fully saturated rings. The van der Waals surface area contributed by atoms with Crippen LogP contribution in [0.4, 0.5) is 0 Å². The Kier molecular flexibility index (Phi) is 7.74. The highest BCUT2D eigenvalue weighted by Crippen LogP contribution is 2.41. The Labute approximate surface area is 192 Å². The largest absolute Gasteiger partial charge is 0.507 e. The molecule has 0 aliphatic carbocycles. The summed E-state index contributed by atoms with van der Waals surface area (Å²) in [4.78, 5) is 27.2. The quantitative estimate of drug-likeness (QED) is 0.246. The number of amides is 1. The maximum atomic E-state index is 13.0. The fourth-order valence-corrected chi connectivity index (χ4v) is 3.64. The van der Waals surface area contributed by atoms with Crippen LogP contribution in [-0.4, -0.2) is 60.3 Å². The zero-order chi connectivity index (χ0) is 24.0. The molecule has 2 aromatic rings. The Morgan fingerprint density at radius 1 is 1.15 bits per heavy atom. The zero-order valence-electron chi connectivity index (χ0n) is 18.6. The first-order chi connectivity index (χ1) is 15.9. The maximum absolute atomic E-state index is 13.0. The van der Waals surface area contributed by atoms with Crippen LogP contribution >= 0.6 is 0 Å². The van der Waals surface area contributed by atoms with Crippen LogP contribution in [0.2, 0.25) is 0 Å². The third kappa shape index (κ3) is 5.01. The molecule has 1 aliphatic heterocycles. The van der Waals surface area contributed by atoms with Gasteiger partial charge in [0, 0.05) is 19.2 Å². The number of carbonyl (C=O) groups is 2. The number of rotatable bonds is 10. The summed E-state index contributed by atoms with van der Waals surface area (Å²) in [7, 11) is 1.50. The van der Waals surface area contributed by atoms with E-state index in [0.29, 0.717) is 30.1 Å². The number of phenolic OH excluding ortho intramolecular Hbond substituents is 1. The Hall–Kier alpha value is -3.78. The molecule has 3 rings (SSSR count). The maximum Gasteiger partial charge on any atom is 0.295 e. The predicted molar refractivity (Wildman–Crippen MR) is 122 cm³/mol. The van der Waals surface area contributed by atoms with Crippen molar-refractivity contribution < 1.29 is 34.0 Å². The second-order valence-corrected chi connectivity index (χ2v) is 7.27. The summed E-state index contributed by atoms with van der Waals surface area (Å²) in [6.45, 7) is 6.37. The molecule has 2 aromatic carbocycles. The van der Waals surface area contributed by atoms with Crippen molar-refractivity contribution in [2.45, 2.75) is 13.0 Å². The number of hydrogen-bond donors (Lipinski definition) is 2. The standard InChI is InChI=1S/C25H27NO7/c1-4-13-33-18-9-6-16(7-10-18)23(28)21-22(26(12-14-31-3)25(30)24(21)29)17-8-11-19(27)20(15-17)32-5-2/h4,6-11,15,22,27-28H,1,5,12-14H2,2-3H3/b23-21+. The van der Waals surface area contributed by atoms with Crippen molar-refractivity contribution in [1.29, 1.82) is 0 Å². The van der Waals surface area contributed by atoms with E-state index in [4.69, 9.17) is 14.2 Å². The molecule has 8 heteroatoms. The molecule has 1 aliphatic rings. The highest BCUT2D eigenvalue weighted by Gasteiger charge is 2.46. The molecular weight excluding hydrogens is 426 g/mol. The number of ether oxygens (including phenoxy) is 3. The van der Waals surface area contributed by atoms with Gasteiger partial charge in [0.05, 0.1) is 24.8 Å². The van der Waals surface area contributed by atoms with Gasteiger partial charge in [0.25, 0.3) is 11.7 Å². The number of aliphatic hydroxyl groups excluding tert-OH is 1. The van der Waals surface area contributed by atoms with Gasteiger partial charge in [0.1, 0.15) is 18.1 Å². The number of methoxy groups -OCH3 is 1. The van der Waals surface area contributed by atoms with Crippen LogP contribution in [0.3, 0.4) is 0 Å². The van der Waals surface area contributed by atoms with Crippen LogP contribution in [0.25, 0.3) is 5.76 Å². The third-order valence-corrected chi connectivity index (χ3v) is 5.17. The predicted octanol–water partition coefficient (Wildman–Crippen LogP) is 3.42. The second kappa shape index (κ2) is 10.7. The number of likely N-dealkylation sites (tertiary alicyclic amines) is 1. The lowest BCUT2D eigenvalue weighted by Gasteiger charge is -2.25. The summed E-state index contributed by atoms with van der Waals surface area (Å²) < 4.78 is 16.0. The van der Waals surface area contributed by atoms with Crippen molar-refractivity contribution in [3.63, 3.8) is 0 Å². The number of nitrogens with zero attached hydrogens (tertiary/aromatic N) is 1. The number of aliphatic hydroxyl groups is 1. The summed E-state index contributed by atoms with van der Waals surface area (Å²) in [6.07, 6.45) is 1.61. The molecule has 1 amide bonds. The van der Waals surface area contributed by atoms with Crippen molar-refractivity contribution in [2.24, 2.45) is 0 Å². The number of ketones is 1. The van der Waals surface area contributed by atoms with Crippen LogP contribution < -0.4 is 9.47 Å². The molecular formula is C25H27NO7. The number of Topliss-reactive ketones (excluding diaryl/α,β-unsaturated/α-hetero) is 1. The number of phenols is 1. The SMILES string of the molecule is C=CCOc1ccc(/C(O)=C2\C(=O)C(=O)N(CCOC)C2c2ccc(O)c(OCC)c2)cc1. The van der Waals surface area contributed by atoms with Crippen LogP contribution in [-0.2, 0) is 14.3 Å². The number of benzene rings is 2. The van der Waals surface area contributed by atoms with E-state index in [1.54, 1.807) is 49.4 Å². The number of hydrogen-bond acceptors (Lipinski definition) is 7. The fourth-order valence-electron chi connectivity index (χ4n) is 3.64. The average molecular weight is 453 g/mol. The zero-order valence-corrected chi connectivity index (χ0v) is 18.6. The van der Waals surface area contributed by atoms with Gasteiger partial charge in [-0.1, -0.05) is 18.7 Å². The fraction of sp³-hybridized carbons (Fsp3) is 0.280. The molecule has 1 atom stereocenters. The lowest BCUT2D eigenvalue weighted by Crippen LogP contribution is -2.32. The Bertz CT molecular complexity index is 1060. The van der Waals surface area contributed by atoms with E-state index in [1.807, 2.05) is 0 Å². The van der Waals surface area contributed by atoms with Gasteiger partial charge in [-0.3, -0.25) is 9.59 Å². The smallest absolute Gasteiger partial charge is 0.295 e. The third-order valence-electron chi connectivity index (χ3n) is 5.17. The Balaban J connectivity index is 2.10. The van der Waals surface area contributed by atoms with E-state index in [0.717, 1.165) is 0 Å². The Morgan fingerprint density at radius 3 is 2.52 bits per heavy atom. The van der Waals surface area contributed by atoms with Gasteiger partial charge in [-0.25, -0.2) is 0 Å². The van der Waals surface area contributed by atoms with E-state index in [2.05, 4.69) is 6.58 Å². The monoisotopic (exact) mass is 453 g/mol. The van der Waals surface area contributed by atoms with Gasteiger partial charge in [-0.05, 0) is 48.9 Å². The van der Waals surface area contributed by atoms with Gasteiger partial charge in [-0.2, -0.15) is 0 Å². The minimum absolute atomic E-state index is 0.0519. The van der Waals surface area contributed by atoms with Crippen LogP contribution in [0.5, 0.6) is 17.2 Å². The van der Waals surface area contributed by atoms with Crippen LogP contribution in [0.15, 0.2) is 60.7 Å². The van der Waals surface area contributed by atoms with Gasteiger partial charge in [-0.15, -0.1) is 0 Å². The molecule has 8 nitrogen and oxygen atoms in total. The molecule has 0 radical (unpaired) electrons. The molecule has 2 N–H and O–H groups in total. The van der Waals surface area contributed by atoms with Crippen molar-refractivity contribution >= 4 is 17.4 Å². The van der Waals surface area contributed by atoms with Crippen molar-refractivity contribution in [1.82, 2.24) is 4.90 Å². The van der Waals surface area contributed by atoms with E-state index in [-0.39, 0.29) is 36.0 Å². The van der Waals surface area contributed by atoms with Crippen molar-refractivity contribution in [2.75, 3.05) is 33.5 Å². The van der Waals surface area contributed by atoms with E-state index < -0.39 is 17.7 Å². The van der Waals surface area contributed by atoms with Gasteiger partial charge in [0.2, 0.25) is 0 Å². The normalized spacial score (nSPS) is 17.3. The van der Waals surface area contributed by atoms with E-state index >= 15 is 0 Å². The van der Waals surface area contributed by atoms with E-state index in [1.165, 1.54) is 18.1 Å². The lowest BCUT2D eigenvalue weighted by molar-refractivity contribution is -0.140. The van der Waals surface area contributed by atoms with Crippen molar-refractivity contribution in [3.8, 4) is 17.2 Å². The minimum Gasteiger partial charge on any atom is -0.507 e. The highest BCUT2D eigenvalue weighted by molar-refractivity contribution is 6.46. The Morgan fingerprint density at radius 2 is 1.88 bits per heavy atom. The lowest BCUT2D eigenvalue weighted by atomic mass is 9.95. The van der Waals surface area contributed by atoms with Crippen LogP contribution in [0, 0.1) is 0 Å². The molecule has 1 heterocycles. The van der Waals surface area contributed by atoms with Gasteiger partial charge < -0.3 is 29.3 Å². The van der Waals surface area contributed by atoms with Gasteiger partial charge in [0.15, 0.2) is 11.5 Å². The summed E-state index contributed by atoms with van der Waals surface area (Å²) in [5.41, 5.74) is 0.822. The molecule has 1 saturated heterocycles. The molecule has 33 heavy (non-hydrogen) atoms. The molecule has 0 aromatic heterocycles. The average Bonchev–Trinajstić information content (AvgIpc) is 3.07. The molecule has 174 valence electrons. The molecule has 0 bridgehead atoms. The second-order valence-electron chi connectivity index (χ2n) is 7.27. The molecule has 1 unspecified atom stereocenters. The first kappa shape index (κ1) is 23.9. The topological polar surface area (TPSA) is 106 Å².